The predicted octanol–water partition coefficient (Wildman–Crippen LogP) is 2.88. The Morgan fingerprint density at radius 2 is 1.81 bits per heavy atom. The van der Waals surface area contributed by atoms with Crippen LogP contribution < -0.4 is 4.90 Å². The van der Waals surface area contributed by atoms with Crippen molar-refractivity contribution >= 4 is 5.95 Å². The minimum Gasteiger partial charge on any atom is -0.341 e. The van der Waals surface area contributed by atoms with Crippen molar-refractivity contribution in [1.29, 1.82) is 0 Å². The number of hydrogen-bond donors (Lipinski definition) is 0. The number of likely N-dealkylation sites (tertiary alicyclic amines) is 1. The van der Waals surface area contributed by atoms with Crippen LogP contribution in [-0.2, 0) is 13.1 Å². The van der Waals surface area contributed by atoms with E-state index in [0.29, 0.717) is 5.92 Å². The molecular weight excluding hydrogens is 324 g/mol. The molecular formula is C20H30N6. The van der Waals surface area contributed by atoms with Crippen molar-refractivity contribution < 1.29 is 0 Å². The molecule has 2 aliphatic rings. The lowest BCUT2D eigenvalue weighted by atomic mass is 9.97. The largest absolute Gasteiger partial charge is 0.341 e. The molecule has 0 amide bonds. The molecule has 0 N–H and O–H groups in total. The topological polar surface area (TPSA) is 50.1 Å². The van der Waals surface area contributed by atoms with E-state index in [1.165, 1.54) is 44.2 Å². The highest BCUT2D eigenvalue weighted by Crippen LogP contribution is 2.21. The zero-order chi connectivity index (χ0) is 17.8. The van der Waals surface area contributed by atoms with Gasteiger partial charge < -0.3 is 9.47 Å². The van der Waals surface area contributed by atoms with Crippen LogP contribution >= 0.6 is 0 Å². The Kier molecular flexibility index (Phi) is 5.48. The monoisotopic (exact) mass is 354 g/mol. The number of piperidine rings is 2. The van der Waals surface area contributed by atoms with Gasteiger partial charge in [-0.2, -0.15) is 0 Å². The van der Waals surface area contributed by atoms with Crippen LogP contribution in [0.2, 0.25) is 0 Å². The molecule has 0 radical (unpaired) electrons. The highest BCUT2D eigenvalue weighted by Gasteiger charge is 2.21. The maximum absolute atomic E-state index is 4.64. The van der Waals surface area contributed by atoms with Crippen LogP contribution in [0.15, 0.2) is 24.8 Å². The van der Waals surface area contributed by atoms with Crippen molar-refractivity contribution in [2.24, 2.45) is 5.92 Å². The Bertz CT molecular complexity index is 689. The number of nitrogens with zero attached hydrogens (tertiary/aromatic N) is 6. The van der Waals surface area contributed by atoms with Crippen LogP contribution in [0.1, 0.15) is 43.5 Å². The third-order valence-electron chi connectivity index (χ3n) is 5.72. The van der Waals surface area contributed by atoms with E-state index in [2.05, 4.69) is 42.4 Å². The maximum Gasteiger partial charge on any atom is 0.225 e. The van der Waals surface area contributed by atoms with Crippen molar-refractivity contribution in [1.82, 2.24) is 24.4 Å². The normalized spacial score (nSPS) is 21.9. The third-order valence-corrected chi connectivity index (χ3v) is 5.72. The van der Waals surface area contributed by atoms with Crippen molar-refractivity contribution in [3.05, 3.63) is 36.2 Å². The zero-order valence-corrected chi connectivity index (χ0v) is 15.8. The molecule has 4 heterocycles. The van der Waals surface area contributed by atoms with Crippen molar-refractivity contribution in [2.45, 2.75) is 52.1 Å². The van der Waals surface area contributed by atoms with Gasteiger partial charge in [0.1, 0.15) is 5.82 Å². The summed E-state index contributed by atoms with van der Waals surface area (Å²) in [5.41, 5.74) is 1.23. The first-order valence-electron chi connectivity index (χ1n) is 10.0. The molecule has 6 nitrogen and oxygen atoms in total. The number of aryl methyl sites for hydroxylation is 1. The van der Waals surface area contributed by atoms with Crippen molar-refractivity contribution in [3.63, 3.8) is 0 Å². The van der Waals surface area contributed by atoms with E-state index in [0.717, 1.165) is 44.5 Å². The molecule has 1 atom stereocenters. The Labute approximate surface area is 156 Å². The average molecular weight is 355 g/mol. The molecule has 2 aromatic rings. The summed E-state index contributed by atoms with van der Waals surface area (Å²) in [6.45, 7) is 8.63. The Balaban J connectivity index is 1.32. The van der Waals surface area contributed by atoms with E-state index in [4.69, 9.17) is 0 Å². The Morgan fingerprint density at radius 3 is 2.54 bits per heavy atom. The molecule has 4 rings (SSSR count). The molecule has 0 unspecified atom stereocenters. The fourth-order valence-electron chi connectivity index (χ4n) is 4.26. The van der Waals surface area contributed by atoms with E-state index in [-0.39, 0.29) is 0 Å². The van der Waals surface area contributed by atoms with Crippen molar-refractivity contribution in [2.75, 3.05) is 31.1 Å². The summed E-state index contributed by atoms with van der Waals surface area (Å²) in [4.78, 5) is 18.5. The number of hydrogen-bond acceptors (Lipinski definition) is 5. The molecule has 0 saturated carbocycles. The Morgan fingerprint density at radius 1 is 1.00 bits per heavy atom. The molecule has 26 heavy (non-hydrogen) atoms. The summed E-state index contributed by atoms with van der Waals surface area (Å²) in [7, 11) is 0. The summed E-state index contributed by atoms with van der Waals surface area (Å²) in [5.74, 6) is 2.72. The second kappa shape index (κ2) is 8.16. The highest BCUT2D eigenvalue weighted by molar-refractivity contribution is 5.30. The van der Waals surface area contributed by atoms with Crippen LogP contribution in [0.3, 0.4) is 0 Å². The van der Waals surface area contributed by atoms with Gasteiger partial charge in [-0.1, -0.05) is 0 Å². The fourth-order valence-corrected chi connectivity index (χ4v) is 4.26. The van der Waals surface area contributed by atoms with E-state index < -0.39 is 0 Å². The van der Waals surface area contributed by atoms with Crippen LogP contribution in [0, 0.1) is 12.8 Å². The summed E-state index contributed by atoms with van der Waals surface area (Å²) in [6, 6.07) is 0. The van der Waals surface area contributed by atoms with Crippen molar-refractivity contribution in [3.8, 4) is 0 Å². The third kappa shape index (κ3) is 4.23. The van der Waals surface area contributed by atoms with Gasteiger partial charge in [0.2, 0.25) is 5.95 Å². The molecule has 140 valence electrons. The molecule has 2 saturated heterocycles. The molecule has 2 aliphatic heterocycles. The van der Waals surface area contributed by atoms with Crippen LogP contribution in [0.5, 0.6) is 0 Å². The van der Waals surface area contributed by atoms with E-state index in [1.54, 1.807) is 0 Å². The minimum absolute atomic E-state index is 0.699. The van der Waals surface area contributed by atoms with E-state index in [9.17, 15) is 0 Å². The van der Waals surface area contributed by atoms with Gasteiger partial charge in [-0.05, 0) is 51.5 Å². The quantitative estimate of drug-likeness (QED) is 0.826. The van der Waals surface area contributed by atoms with Crippen LogP contribution in [0.25, 0.3) is 0 Å². The average Bonchev–Trinajstić information content (AvgIpc) is 3.08. The summed E-state index contributed by atoms with van der Waals surface area (Å²) < 4.78 is 2.28. The number of anilines is 1. The molecule has 0 spiro atoms. The number of rotatable bonds is 5. The Hall–Kier alpha value is -1.95. The van der Waals surface area contributed by atoms with Gasteiger partial charge in [0.05, 0.1) is 0 Å². The molecule has 0 aliphatic carbocycles. The summed E-state index contributed by atoms with van der Waals surface area (Å²) >= 11 is 0. The second-order valence-corrected chi connectivity index (χ2v) is 7.81. The highest BCUT2D eigenvalue weighted by atomic mass is 15.2. The lowest BCUT2D eigenvalue weighted by Crippen LogP contribution is -2.36. The summed E-state index contributed by atoms with van der Waals surface area (Å²) in [6.07, 6.45) is 14.5. The molecule has 0 aromatic carbocycles. The van der Waals surface area contributed by atoms with Gasteiger partial charge >= 0.3 is 0 Å². The first-order valence-corrected chi connectivity index (χ1v) is 10.0. The second-order valence-electron chi connectivity index (χ2n) is 7.81. The predicted molar refractivity (Wildman–Crippen MR) is 103 cm³/mol. The fraction of sp³-hybridized carbons (Fsp3) is 0.650. The standard InChI is InChI=1S/C20H30N6/c1-17-21-7-11-26(17)16-18-6-5-8-24(14-18)15-19-12-22-20(23-13-19)25-9-3-2-4-10-25/h7,11-13,18H,2-6,8-10,14-16H2,1H3/t18-/m0/s1. The zero-order valence-electron chi connectivity index (χ0n) is 15.8. The minimum atomic E-state index is 0.699. The van der Waals surface area contributed by atoms with Gasteiger partial charge in [-0.3, -0.25) is 4.90 Å². The first kappa shape index (κ1) is 17.5. The van der Waals surface area contributed by atoms with Gasteiger partial charge in [-0.15, -0.1) is 0 Å². The van der Waals surface area contributed by atoms with Gasteiger partial charge in [-0.25, -0.2) is 15.0 Å². The molecule has 2 fully saturated rings. The van der Waals surface area contributed by atoms with Gasteiger partial charge in [0.15, 0.2) is 0 Å². The van der Waals surface area contributed by atoms with E-state index >= 15 is 0 Å². The van der Waals surface area contributed by atoms with Crippen LogP contribution in [0.4, 0.5) is 5.95 Å². The summed E-state index contributed by atoms with van der Waals surface area (Å²) in [5, 5.41) is 0. The van der Waals surface area contributed by atoms with Crippen LogP contribution in [-0.4, -0.2) is 50.6 Å². The lowest BCUT2D eigenvalue weighted by molar-refractivity contribution is 0.155. The first-order chi connectivity index (χ1) is 12.8. The maximum atomic E-state index is 4.64. The smallest absolute Gasteiger partial charge is 0.225 e. The van der Waals surface area contributed by atoms with Gasteiger partial charge in [0, 0.05) is 63.1 Å². The number of imidazole rings is 1. The SMILES string of the molecule is Cc1nccn1C[C@H]1CCCN(Cc2cnc(N3CCCCC3)nc2)C1. The molecule has 6 heteroatoms. The van der Waals surface area contributed by atoms with E-state index in [1.807, 2.05) is 18.6 Å². The molecule has 0 bridgehead atoms. The van der Waals surface area contributed by atoms with Gasteiger partial charge in [0.25, 0.3) is 0 Å². The molecule has 2 aromatic heterocycles. The lowest BCUT2D eigenvalue weighted by Gasteiger charge is -2.33. The number of aromatic nitrogens is 4.